The molecule has 0 atom stereocenters. The van der Waals surface area contributed by atoms with Crippen molar-refractivity contribution in [2.75, 3.05) is 50.7 Å². The van der Waals surface area contributed by atoms with Crippen molar-refractivity contribution in [3.05, 3.63) is 47.5 Å². The summed E-state index contributed by atoms with van der Waals surface area (Å²) in [5.41, 5.74) is 2.02. The second-order valence-corrected chi connectivity index (χ2v) is 6.54. The summed E-state index contributed by atoms with van der Waals surface area (Å²) >= 11 is 0. The minimum Gasteiger partial charge on any atom is -0.502 e. The molecule has 1 heterocycles. The van der Waals surface area contributed by atoms with Crippen LogP contribution >= 0.6 is 0 Å². The average Bonchev–Trinajstić information content (AvgIpc) is 2.79. The van der Waals surface area contributed by atoms with Crippen molar-refractivity contribution in [3.8, 4) is 23.3 Å². The molecule has 0 saturated carbocycles. The molecule has 30 heavy (non-hydrogen) atoms. The number of carbonyl (C=O) groups is 1. The molecule has 0 aliphatic carbocycles. The van der Waals surface area contributed by atoms with Gasteiger partial charge in [0.2, 0.25) is 5.75 Å². The van der Waals surface area contributed by atoms with Gasteiger partial charge in [0.25, 0.3) is 5.91 Å². The van der Waals surface area contributed by atoms with Crippen LogP contribution in [0.15, 0.2) is 42.0 Å². The summed E-state index contributed by atoms with van der Waals surface area (Å²) in [6, 6.07) is 12.4. The van der Waals surface area contributed by atoms with Gasteiger partial charge in [-0.05, 0) is 48.0 Å². The van der Waals surface area contributed by atoms with Crippen LogP contribution < -0.4 is 19.7 Å². The van der Waals surface area contributed by atoms with Crippen molar-refractivity contribution in [1.82, 2.24) is 0 Å². The van der Waals surface area contributed by atoms with Crippen LogP contribution in [0.5, 0.6) is 17.2 Å². The Hall–Kier alpha value is -3.70. The lowest BCUT2D eigenvalue weighted by atomic mass is 10.1. The molecular formula is C22H23N3O5. The van der Waals surface area contributed by atoms with E-state index in [2.05, 4.69) is 10.2 Å². The lowest BCUT2D eigenvalue weighted by Gasteiger charge is -2.28. The zero-order valence-corrected chi connectivity index (χ0v) is 16.8. The number of ether oxygens (including phenoxy) is 3. The second kappa shape index (κ2) is 9.67. The van der Waals surface area contributed by atoms with Crippen LogP contribution in [0.2, 0.25) is 0 Å². The number of hydrogen-bond donors (Lipinski definition) is 2. The highest BCUT2D eigenvalue weighted by Gasteiger charge is 2.15. The number of hydrogen-bond acceptors (Lipinski definition) is 7. The lowest BCUT2D eigenvalue weighted by molar-refractivity contribution is -0.112. The first-order valence-corrected chi connectivity index (χ1v) is 9.36. The van der Waals surface area contributed by atoms with Crippen LogP contribution in [0.3, 0.4) is 0 Å². The summed E-state index contributed by atoms with van der Waals surface area (Å²) in [5, 5.41) is 22.2. The fourth-order valence-electron chi connectivity index (χ4n) is 3.09. The van der Waals surface area contributed by atoms with Crippen molar-refractivity contribution < 1.29 is 24.1 Å². The summed E-state index contributed by atoms with van der Waals surface area (Å²) in [4.78, 5) is 14.8. The number of benzene rings is 2. The standard InChI is InChI=1S/C22H23N3O5/c1-28-19-12-15(13-20(29-2)21(19)26)11-16(14-23)22(27)24-17-3-5-18(6-4-17)25-7-9-30-10-8-25/h3-6,11-13,26H,7-10H2,1-2H3,(H,24,27)/b16-11+. The van der Waals surface area contributed by atoms with Crippen molar-refractivity contribution in [3.63, 3.8) is 0 Å². The molecule has 8 heteroatoms. The molecule has 2 aromatic rings. The predicted octanol–water partition coefficient (Wildman–Crippen LogP) is 2.79. The van der Waals surface area contributed by atoms with E-state index < -0.39 is 5.91 Å². The number of nitrogens with zero attached hydrogens (tertiary/aromatic N) is 2. The van der Waals surface area contributed by atoms with E-state index in [4.69, 9.17) is 14.2 Å². The first kappa shape index (κ1) is 21.0. The van der Waals surface area contributed by atoms with Gasteiger partial charge in [-0.15, -0.1) is 0 Å². The maximum atomic E-state index is 12.6. The number of amides is 1. The van der Waals surface area contributed by atoms with Gasteiger partial charge in [-0.3, -0.25) is 4.79 Å². The molecule has 1 fully saturated rings. The fourth-order valence-corrected chi connectivity index (χ4v) is 3.09. The summed E-state index contributed by atoms with van der Waals surface area (Å²) in [6.45, 7) is 3.04. The SMILES string of the molecule is COc1cc(/C=C(\C#N)C(=O)Nc2ccc(N3CCOCC3)cc2)cc(OC)c1O. The van der Waals surface area contributed by atoms with Crippen LogP contribution in [-0.4, -0.2) is 51.5 Å². The fraction of sp³-hybridized carbons (Fsp3) is 0.273. The molecule has 0 aromatic heterocycles. The summed E-state index contributed by atoms with van der Waals surface area (Å²) < 4.78 is 15.6. The Morgan fingerprint density at radius 1 is 1.17 bits per heavy atom. The number of methoxy groups -OCH3 is 2. The van der Waals surface area contributed by atoms with Crippen LogP contribution in [0, 0.1) is 11.3 Å². The summed E-state index contributed by atoms with van der Waals surface area (Å²) in [7, 11) is 2.81. The molecule has 0 bridgehead atoms. The second-order valence-electron chi connectivity index (χ2n) is 6.54. The molecule has 156 valence electrons. The molecule has 1 aliphatic rings. The number of anilines is 2. The number of carbonyl (C=O) groups excluding carboxylic acids is 1. The van der Waals surface area contributed by atoms with Crippen LogP contribution in [0.4, 0.5) is 11.4 Å². The van der Waals surface area contributed by atoms with E-state index in [0.717, 1.165) is 18.8 Å². The first-order chi connectivity index (χ1) is 14.5. The van der Waals surface area contributed by atoms with Gasteiger partial charge >= 0.3 is 0 Å². The van der Waals surface area contributed by atoms with E-state index in [9.17, 15) is 15.2 Å². The first-order valence-electron chi connectivity index (χ1n) is 9.36. The molecule has 2 aromatic carbocycles. The third-order valence-electron chi connectivity index (χ3n) is 4.68. The number of morpholine rings is 1. The van der Waals surface area contributed by atoms with Gasteiger partial charge in [0.1, 0.15) is 11.6 Å². The maximum absolute atomic E-state index is 12.6. The zero-order chi connectivity index (χ0) is 21.5. The molecule has 1 saturated heterocycles. The van der Waals surface area contributed by atoms with Gasteiger partial charge in [-0.25, -0.2) is 0 Å². The normalized spacial score (nSPS) is 14.0. The Morgan fingerprint density at radius 2 is 1.77 bits per heavy atom. The largest absolute Gasteiger partial charge is 0.502 e. The Balaban J connectivity index is 1.76. The van der Waals surface area contributed by atoms with Crippen molar-refractivity contribution in [1.29, 1.82) is 5.26 Å². The zero-order valence-electron chi connectivity index (χ0n) is 16.8. The molecule has 3 rings (SSSR count). The van der Waals surface area contributed by atoms with Gasteiger partial charge in [-0.2, -0.15) is 5.26 Å². The summed E-state index contributed by atoms with van der Waals surface area (Å²) in [5.74, 6) is -0.336. The quantitative estimate of drug-likeness (QED) is 0.558. The molecule has 1 amide bonds. The number of phenolic OH excluding ortho intramolecular Hbond substituents is 1. The Bertz CT molecular complexity index is 948. The van der Waals surface area contributed by atoms with Gasteiger partial charge in [0, 0.05) is 24.5 Å². The van der Waals surface area contributed by atoms with E-state index in [0.29, 0.717) is 24.5 Å². The maximum Gasteiger partial charge on any atom is 0.266 e. The third kappa shape index (κ3) is 4.82. The van der Waals surface area contributed by atoms with Crippen LogP contribution in [0.25, 0.3) is 6.08 Å². The average molecular weight is 409 g/mol. The molecule has 8 nitrogen and oxygen atoms in total. The Labute approximate surface area is 174 Å². The molecule has 0 spiro atoms. The Kier molecular flexibility index (Phi) is 6.78. The molecule has 0 radical (unpaired) electrons. The van der Waals surface area contributed by atoms with Crippen LogP contribution in [0.1, 0.15) is 5.56 Å². The summed E-state index contributed by atoms with van der Waals surface area (Å²) in [6.07, 6.45) is 1.40. The number of rotatable bonds is 6. The topological polar surface area (TPSA) is 104 Å². The molecule has 0 unspecified atom stereocenters. The van der Waals surface area contributed by atoms with Gasteiger partial charge in [0.05, 0.1) is 27.4 Å². The number of nitrogens with one attached hydrogen (secondary N) is 1. The van der Waals surface area contributed by atoms with E-state index in [1.54, 1.807) is 12.1 Å². The van der Waals surface area contributed by atoms with Crippen LogP contribution in [-0.2, 0) is 9.53 Å². The van der Waals surface area contributed by atoms with Crippen molar-refractivity contribution in [2.24, 2.45) is 0 Å². The van der Waals surface area contributed by atoms with Gasteiger partial charge in [0.15, 0.2) is 11.5 Å². The van der Waals surface area contributed by atoms with Gasteiger partial charge < -0.3 is 29.5 Å². The monoisotopic (exact) mass is 409 g/mol. The third-order valence-corrected chi connectivity index (χ3v) is 4.68. The van der Waals surface area contributed by atoms with E-state index in [1.165, 1.54) is 32.4 Å². The van der Waals surface area contributed by atoms with Gasteiger partial charge in [-0.1, -0.05) is 0 Å². The minimum atomic E-state index is -0.539. The van der Waals surface area contributed by atoms with E-state index in [1.807, 2.05) is 18.2 Å². The highest BCUT2D eigenvalue weighted by atomic mass is 16.5. The number of nitriles is 1. The highest BCUT2D eigenvalue weighted by molar-refractivity contribution is 6.09. The number of phenols is 1. The predicted molar refractivity (Wildman–Crippen MR) is 113 cm³/mol. The highest BCUT2D eigenvalue weighted by Crippen LogP contribution is 2.37. The smallest absolute Gasteiger partial charge is 0.266 e. The van der Waals surface area contributed by atoms with E-state index >= 15 is 0 Å². The Morgan fingerprint density at radius 3 is 2.30 bits per heavy atom. The van der Waals surface area contributed by atoms with E-state index in [-0.39, 0.29) is 22.8 Å². The van der Waals surface area contributed by atoms with Crippen molar-refractivity contribution >= 4 is 23.4 Å². The minimum absolute atomic E-state index is 0.0953. The molecular weight excluding hydrogens is 386 g/mol. The van der Waals surface area contributed by atoms with Crippen molar-refractivity contribution in [2.45, 2.75) is 0 Å². The number of aromatic hydroxyl groups is 1. The lowest BCUT2D eigenvalue weighted by Crippen LogP contribution is -2.36. The molecule has 2 N–H and O–H groups in total. The molecule has 1 aliphatic heterocycles.